The first-order valence-corrected chi connectivity index (χ1v) is 9.01. The molecule has 0 fully saturated rings. The van der Waals surface area contributed by atoms with E-state index in [1.54, 1.807) is 36.4 Å². The van der Waals surface area contributed by atoms with Gasteiger partial charge in [0, 0.05) is 12.2 Å². The van der Waals surface area contributed by atoms with E-state index >= 15 is 0 Å². The Balaban J connectivity index is 1.46. The summed E-state index contributed by atoms with van der Waals surface area (Å²) in [6.45, 7) is 2.17. The van der Waals surface area contributed by atoms with Gasteiger partial charge in [0.25, 0.3) is 5.91 Å². The lowest BCUT2D eigenvalue weighted by atomic mass is 10.1. The molecule has 3 aromatic rings. The summed E-state index contributed by atoms with van der Waals surface area (Å²) >= 11 is 0. The minimum absolute atomic E-state index is 0.245. The van der Waals surface area contributed by atoms with E-state index in [4.69, 9.17) is 4.74 Å². The zero-order chi connectivity index (χ0) is 20.4. The highest BCUT2D eigenvalue weighted by atomic mass is 19.1. The summed E-state index contributed by atoms with van der Waals surface area (Å²) in [5.41, 5.74) is 3.12. The molecule has 1 aliphatic rings. The summed E-state index contributed by atoms with van der Waals surface area (Å²) in [5, 5.41) is 8.20. The molecule has 0 bridgehead atoms. The van der Waals surface area contributed by atoms with Gasteiger partial charge < -0.3 is 20.7 Å². The number of benzene rings is 3. The molecule has 7 heteroatoms. The number of hydrogen-bond donors (Lipinski definition) is 3. The maximum absolute atomic E-state index is 12.9. The van der Waals surface area contributed by atoms with Gasteiger partial charge >= 0.3 is 6.03 Å². The van der Waals surface area contributed by atoms with Crippen LogP contribution in [0.1, 0.15) is 21.5 Å². The van der Waals surface area contributed by atoms with Crippen LogP contribution in [-0.2, 0) is 6.54 Å². The molecule has 1 aliphatic heterocycles. The zero-order valence-electron chi connectivity index (χ0n) is 15.6. The summed E-state index contributed by atoms with van der Waals surface area (Å²) in [6.07, 6.45) is 0. The number of carbonyl (C=O) groups excluding carboxylic acids is 2. The van der Waals surface area contributed by atoms with E-state index in [9.17, 15) is 14.0 Å². The first-order valence-electron chi connectivity index (χ1n) is 9.01. The van der Waals surface area contributed by atoms with Crippen LogP contribution in [0.25, 0.3) is 0 Å². The van der Waals surface area contributed by atoms with Crippen molar-refractivity contribution in [1.82, 2.24) is 5.32 Å². The first kappa shape index (κ1) is 18.5. The molecule has 146 valence electrons. The van der Waals surface area contributed by atoms with Crippen molar-refractivity contribution >= 4 is 23.3 Å². The second kappa shape index (κ2) is 7.63. The quantitative estimate of drug-likeness (QED) is 0.599. The van der Waals surface area contributed by atoms with Gasteiger partial charge in [-0.1, -0.05) is 18.2 Å². The maximum atomic E-state index is 12.9. The minimum Gasteiger partial charge on any atom is -0.454 e. The summed E-state index contributed by atoms with van der Waals surface area (Å²) in [5.74, 6) is 0.309. The molecule has 0 aliphatic carbocycles. The van der Waals surface area contributed by atoms with Crippen LogP contribution in [0.2, 0.25) is 0 Å². The van der Waals surface area contributed by atoms with Crippen LogP contribution in [0, 0.1) is 12.7 Å². The van der Waals surface area contributed by atoms with Crippen molar-refractivity contribution in [3.05, 3.63) is 83.2 Å². The van der Waals surface area contributed by atoms with Gasteiger partial charge in [0.05, 0.1) is 11.3 Å². The lowest BCUT2D eigenvalue weighted by Crippen LogP contribution is -2.28. The molecular formula is C22H18FN3O3. The molecule has 3 N–H and O–H groups in total. The zero-order valence-corrected chi connectivity index (χ0v) is 15.6. The topological polar surface area (TPSA) is 79.5 Å². The number of anilines is 2. The third-order valence-corrected chi connectivity index (χ3v) is 4.45. The number of nitrogens with one attached hydrogen (secondary N) is 3. The Morgan fingerprint density at radius 2 is 1.79 bits per heavy atom. The van der Waals surface area contributed by atoms with Gasteiger partial charge in [0.1, 0.15) is 11.6 Å². The summed E-state index contributed by atoms with van der Waals surface area (Å²) in [6, 6.07) is 15.8. The highest BCUT2D eigenvalue weighted by molar-refractivity contribution is 6.09. The Bertz CT molecular complexity index is 1100. The molecule has 1 heterocycles. The van der Waals surface area contributed by atoms with Crippen molar-refractivity contribution in [2.75, 3.05) is 10.6 Å². The number of hydrogen-bond acceptors (Lipinski definition) is 3. The monoisotopic (exact) mass is 391 g/mol. The third-order valence-electron chi connectivity index (χ3n) is 4.45. The van der Waals surface area contributed by atoms with Crippen molar-refractivity contribution in [2.45, 2.75) is 13.5 Å². The van der Waals surface area contributed by atoms with Crippen molar-refractivity contribution < 1.29 is 18.7 Å². The van der Waals surface area contributed by atoms with Gasteiger partial charge in [-0.15, -0.1) is 0 Å². The van der Waals surface area contributed by atoms with Gasteiger partial charge in [0.2, 0.25) is 0 Å². The van der Waals surface area contributed by atoms with Gasteiger partial charge in [-0.05, 0) is 60.5 Å². The van der Waals surface area contributed by atoms with Crippen LogP contribution in [0.3, 0.4) is 0 Å². The van der Waals surface area contributed by atoms with Gasteiger partial charge in [-0.25, -0.2) is 9.18 Å². The van der Waals surface area contributed by atoms with E-state index in [1.807, 2.05) is 19.1 Å². The molecule has 0 radical (unpaired) electrons. The second-order valence-electron chi connectivity index (χ2n) is 6.70. The lowest BCUT2D eigenvalue weighted by molar-refractivity contribution is 0.102. The second-order valence-corrected chi connectivity index (χ2v) is 6.70. The normalized spacial score (nSPS) is 12.0. The van der Waals surface area contributed by atoms with Crippen molar-refractivity contribution in [1.29, 1.82) is 0 Å². The maximum Gasteiger partial charge on any atom is 0.319 e. The average Bonchev–Trinajstić information content (AvgIpc) is 2.83. The fourth-order valence-electron chi connectivity index (χ4n) is 2.97. The van der Waals surface area contributed by atoms with Crippen molar-refractivity contribution in [3.8, 4) is 11.5 Å². The summed E-state index contributed by atoms with van der Waals surface area (Å²) < 4.78 is 18.8. The molecule has 4 rings (SSSR count). The van der Waals surface area contributed by atoms with Crippen LogP contribution in [0.15, 0.2) is 60.7 Å². The van der Waals surface area contributed by atoms with Crippen molar-refractivity contribution in [2.24, 2.45) is 0 Å². The van der Waals surface area contributed by atoms with Crippen LogP contribution >= 0.6 is 0 Å². The Kier molecular flexibility index (Phi) is 4.87. The molecule has 0 unspecified atom stereocenters. The lowest BCUT2D eigenvalue weighted by Gasteiger charge is -2.11. The average molecular weight is 391 g/mol. The fourth-order valence-corrected chi connectivity index (χ4v) is 2.97. The standard InChI is InChI=1S/C22H18FN3O3/c1-13-2-8-20-18(10-13)26-21(27)17-11-16(7-9-19(17)29-20)25-22(28)24-12-14-3-5-15(23)6-4-14/h2-11H,12H2,1H3,(H,26,27)(H2,24,25,28). The molecule has 3 amide bonds. The first-order chi connectivity index (χ1) is 14.0. The SMILES string of the molecule is Cc1ccc2c(c1)NC(=O)c1cc(NC(=O)NCc3ccc(F)cc3)ccc1O2. The van der Waals surface area contributed by atoms with E-state index in [-0.39, 0.29) is 18.3 Å². The summed E-state index contributed by atoms with van der Waals surface area (Å²) in [7, 11) is 0. The number of halogens is 1. The van der Waals surface area contributed by atoms with Crippen LogP contribution in [0.4, 0.5) is 20.6 Å². The molecule has 6 nitrogen and oxygen atoms in total. The van der Waals surface area contributed by atoms with E-state index in [0.717, 1.165) is 11.1 Å². The van der Waals surface area contributed by atoms with Crippen LogP contribution < -0.4 is 20.7 Å². The Hall–Kier alpha value is -3.87. The Morgan fingerprint density at radius 1 is 1.03 bits per heavy atom. The van der Waals surface area contributed by atoms with Gasteiger partial charge in [0.15, 0.2) is 5.75 Å². The van der Waals surface area contributed by atoms with Crippen LogP contribution in [0.5, 0.6) is 11.5 Å². The Labute approximate surface area is 166 Å². The number of rotatable bonds is 3. The van der Waals surface area contributed by atoms with E-state index in [2.05, 4.69) is 16.0 Å². The molecule has 0 atom stereocenters. The number of carbonyl (C=O) groups is 2. The number of urea groups is 1. The number of ether oxygens (including phenoxy) is 1. The number of fused-ring (bicyclic) bond motifs is 2. The molecule has 0 saturated carbocycles. The van der Waals surface area contributed by atoms with Gasteiger partial charge in [-0.3, -0.25) is 4.79 Å². The van der Waals surface area contributed by atoms with E-state index in [1.165, 1.54) is 12.1 Å². The molecule has 3 aromatic carbocycles. The smallest absolute Gasteiger partial charge is 0.319 e. The molecular weight excluding hydrogens is 373 g/mol. The highest BCUT2D eigenvalue weighted by Gasteiger charge is 2.21. The fraction of sp³-hybridized carbons (Fsp3) is 0.0909. The summed E-state index contributed by atoms with van der Waals surface area (Å²) in [4.78, 5) is 24.8. The minimum atomic E-state index is -0.442. The highest BCUT2D eigenvalue weighted by Crippen LogP contribution is 2.37. The predicted octanol–water partition coefficient (Wildman–Crippen LogP) is 4.81. The predicted molar refractivity (Wildman–Crippen MR) is 108 cm³/mol. The molecule has 0 saturated heterocycles. The van der Waals surface area contributed by atoms with E-state index < -0.39 is 6.03 Å². The molecule has 0 spiro atoms. The van der Waals surface area contributed by atoms with Gasteiger partial charge in [-0.2, -0.15) is 0 Å². The number of aryl methyl sites for hydroxylation is 1. The van der Waals surface area contributed by atoms with Crippen LogP contribution in [-0.4, -0.2) is 11.9 Å². The Morgan fingerprint density at radius 3 is 2.59 bits per heavy atom. The molecule has 0 aromatic heterocycles. The number of amides is 3. The van der Waals surface area contributed by atoms with E-state index in [0.29, 0.717) is 28.4 Å². The largest absolute Gasteiger partial charge is 0.454 e. The molecule has 29 heavy (non-hydrogen) atoms. The third kappa shape index (κ3) is 4.19. The van der Waals surface area contributed by atoms with Crippen molar-refractivity contribution in [3.63, 3.8) is 0 Å².